The molecule has 2 heterocycles. The Morgan fingerprint density at radius 1 is 1.15 bits per heavy atom. The fourth-order valence-corrected chi connectivity index (χ4v) is 3.63. The van der Waals surface area contributed by atoms with Gasteiger partial charge in [-0.3, -0.25) is 9.78 Å². The fourth-order valence-electron chi connectivity index (χ4n) is 3.63. The first kappa shape index (κ1) is 16.5. The lowest BCUT2D eigenvalue weighted by Gasteiger charge is -2.28. The second kappa shape index (κ2) is 6.09. The summed E-state index contributed by atoms with van der Waals surface area (Å²) in [6, 6.07) is 11.2. The third-order valence-corrected chi connectivity index (χ3v) is 4.74. The number of pyridine rings is 1. The molecule has 1 aliphatic rings. The summed E-state index contributed by atoms with van der Waals surface area (Å²) in [5.74, 6) is -0.347. The third-order valence-electron chi connectivity index (χ3n) is 4.74. The van der Waals surface area contributed by atoms with E-state index in [0.29, 0.717) is 28.9 Å². The van der Waals surface area contributed by atoms with Gasteiger partial charge >= 0.3 is 0 Å². The Bertz CT molecular complexity index is 976. The molecule has 0 aliphatic heterocycles. The summed E-state index contributed by atoms with van der Waals surface area (Å²) < 4.78 is 14.4. The highest BCUT2D eigenvalue weighted by Crippen LogP contribution is 2.43. The average molecular weight is 349 g/mol. The molecule has 26 heavy (non-hydrogen) atoms. The number of hydrogen-bond acceptors (Lipinski definition) is 3. The lowest BCUT2D eigenvalue weighted by atomic mass is 9.76. The van der Waals surface area contributed by atoms with Crippen LogP contribution in [0.3, 0.4) is 0 Å². The molecular weight excluding hydrogens is 329 g/mol. The van der Waals surface area contributed by atoms with E-state index in [1.807, 2.05) is 30.3 Å². The molecule has 4 nitrogen and oxygen atoms in total. The van der Waals surface area contributed by atoms with E-state index < -0.39 is 5.82 Å². The summed E-state index contributed by atoms with van der Waals surface area (Å²) >= 11 is 0. The number of Topliss-reactive ketones (excluding diaryl/α,β-unsaturated/α-hetero) is 1. The predicted octanol–water partition coefficient (Wildman–Crippen LogP) is 5.11. The highest BCUT2D eigenvalue weighted by Gasteiger charge is 2.36. The number of halogens is 1. The number of aromatic amines is 1. The Kier molecular flexibility index (Phi) is 3.87. The summed E-state index contributed by atoms with van der Waals surface area (Å²) in [5.41, 5.74) is 3.85. The number of rotatable bonds is 3. The van der Waals surface area contributed by atoms with Gasteiger partial charge in [0.15, 0.2) is 11.6 Å². The number of H-pyrrole nitrogens is 1. The largest absolute Gasteiger partial charge is 0.356 e. The Balaban J connectivity index is 1.91. The summed E-state index contributed by atoms with van der Waals surface area (Å²) in [7, 11) is 0. The minimum absolute atomic E-state index is 0.0756. The number of anilines is 2. The van der Waals surface area contributed by atoms with E-state index in [2.05, 4.69) is 29.1 Å². The zero-order valence-electron chi connectivity index (χ0n) is 14.8. The van der Waals surface area contributed by atoms with E-state index in [1.165, 1.54) is 6.20 Å². The molecule has 4 rings (SSSR count). The normalized spacial score (nSPS) is 15.6. The Hall–Kier alpha value is -2.95. The van der Waals surface area contributed by atoms with Crippen molar-refractivity contribution in [2.24, 2.45) is 5.41 Å². The Labute approximate surface area is 151 Å². The zero-order valence-corrected chi connectivity index (χ0v) is 14.8. The van der Waals surface area contributed by atoms with E-state index in [0.717, 1.165) is 17.8 Å². The maximum atomic E-state index is 14.4. The number of aromatic nitrogens is 2. The minimum Gasteiger partial charge on any atom is -0.356 e. The molecule has 0 saturated heterocycles. The third kappa shape index (κ3) is 2.90. The van der Waals surface area contributed by atoms with Gasteiger partial charge in [-0.25, -0.2) is 4.39 Å². The van der Waals surface area contributed by atoms with Gasteiger partial charge in [-0.05, 0) is 30.0 Å². The van der Waals surface area contributed by atoms with Crippen molar-refractivity contribution in [3.63, 3.8) is 0 Å². The first-order valence-electron chi connectivity index (χ1n) is 8.65. The fraction of sp³-hybridized carbons (Fsp3) is 0.238. The molecule has 0 fully saturated rings. The summed E-state index contributed by atoms with van der Waals surface area (Å²) in [6.45, 7) is 4.15. The van der Waals surface area contributed by atoms with Gasteiger partial charge in [-0.2, -0.15) is 0 Å². The van der Waals surface area contributed by atoms with Crippen LogP contribution in [0.1, 0.15) is 36.3 Å². The highest BCUT2D eigenvalue weighted by atomic mass is 19.1. The van der Waals surface area contributed by atoms with Crippen LogP contribution in [0.2, 0.25) is 0 Å². The summed E-state index contributed by atoms with van der Waals surface area (Å²) in [6.07, 6.45) is 3.95. The van der Waals surface area contributed by atoms with Gasteiger partial charge in [0, 0.05) is 29.6 Å². The molecule has 0 radical (unpaired) electrons. The number of carbonyl (C=O) groups is 1. The number of nitrogens with zero attached hydrogens (tertiary/aromatic N) is 1. The van der Waals surface area contributed by atoms with E-state index in [4.69, 9.17) is 0 Å². The van der Waals surface area contributed by atoms with Crippen LogP contribution < -0.4 is 5.32 Å². The van der Waals surface area contributed by atoms with Crippen molar-refractivity contribution in [1.82, 2.24) is 9.97 Å². The lowest BCUT2D eigenvalue weighted by molar-refractivity contribution is 0.0912. The molecular formula is C21H20FN3O. The van der Waals surface area contributed by atoms with Crippen molar-refractivity contribution < 1.29 is 9.18 Å². The maximum absolute atomic E-state index is 14.4. The van der Waals surface area contributed by atoms with Gasteiger partial charge in [0.1, 0.15) is 0 Å². The number of carbonyl (C=O) groups excluding carboxylic acids is 1. The molecule has 1 aliphatic carbocycles. The van der Waals surface area contributed by atoms with Crippen molar-refractivity contribution in [3.05, 3.63) is 65.9 Å². The number of ketones is 1. The van der Waals surface area contributed by atoms with Gasteiger partial charge in [0.25, 0.3) is 0 Å². The molecule has 0 atom stereocenters. The average Bonchev–Trinajstić information content (AvgIpc) is 2.93. The van der Waals surface area contributed by atoms with Gasteiger partial charge < -0.3 is 10.3 Å². The first-order chi connectivity index (χ1) is 12.4. The van der Waals surface area contributed by atoms with Gasteiger partial charge in [0.2, 0.25) is 0 Å². The summed E-state index contributed by atoms with van der Waals surface area (Å²) in [5, 5.41) is 3.32. The second-order valence-corrected chi connectivity index (χ2v) is 7.52. The molecule has 0 saturated carbocycles. The topological polar surface area (TPSA) is 57.8 Å². The zero-order chi connectivity index (χ0) is 18.3. The van der Waals surface area contributed by atoms with Crippen LogP contribution in [0.15, 0.2) is 48.8 Å². The van der Waals surface area contributed by atoms with Crippen molar-refractivity contribution in [1.29, 1.82) is 0 Å². The Morgan fingerprint density at radius 2 is 1.92 bits per heavy atom. The number of fused-ring (bicyclic) bond motifs is 1. The number of hydrogen-bond donors (Lipinski definition) is 2. The molecule has 132 valence electrons. The lowest BCUT2D eigenvalue weighted by Crippen LogP contribution is -2.26. The number of benzene rings is 1. The molecule has 2 N–H and O–H groups in total. The van der Waals surface area contributed by atoms with E-state index >= 15 is 0 Å². The monoisotopic (exact) mass is 349 g/mol. The van der Waals surface area contributed by atoms with Gasteiger partial charge in [-0.15, -0.1) is 0 Å². The predicted molar refractivity (Wildman–Crippen MR) is 100 cm³/mol. The molecule has 0 spiro atoms. The van der Waals surface area contributed by atoms with Crippen molar-refractivity contribution in [3.8, 4) is 11.3 Å². The maximum Gasteiger partial charge on any atom is 0.167 e. The second-order valence-electron chi connectivity index (χ2n) is 7.52. The highest BCUT2D eigenvalue weighted by molar-refractivity contribution is 6.07. The van der Waals surface area contributed by atoms with Crippen LogP contribution in [0.4, 0.5) is 15.8 Å². The van der Waals surface area contributed by atoms with Crippen LogP contribution in [0.25, 0.3) is 11.3 Å². The van der Waals surface area contributed by atoms with E-state index in [-0.39, 0.29) is 11.2 Å². The van der Waals surface area contributed by atoms with Crippen LogP contribution in [0.5, 0.6) is 0 Å². The molecule has 0 amide bonds. The molecule has 1 aromatic carbocycles. The van der Waals surface area contributed by atoms with E-state index in [1.54, 1.807) is 12.3 Å². The quantitative estimate of drug-likeness (QED) is 0.690. The molecule has 3 aromatic rings. The summed E-state index contributed by atoms with van der Waals surface area (Å²) in [4.78, 5) is 20.0. The molecule has 5 heteroatoms. The molecule has 2 aromatic heterocycles. The SMILES string of the molecule is CC1(C)CC(=O)c2c([nH]c(-c3ccncc3F)c2Nc2ccccc2)C1. The number of para-hydroxylation sites is 1. The Morgan fingerprint density at radius 3 is 2.65 bits per heavy atom. The minimum atomic E-state index is -0.422. The van der Waals surface area contributed by atoms with Crippen LogP contribution in [-0.4, -0.2) is 15.8 Å². The van der Waals surface area contributed by atoms with E-state index in [9.17, 15) is 9.18 Å². The first-order valence-corrected chi connectivity index (χ1v) is 8.65. The van der Waals surface area contributed by atoms with Crippen molar-refractivity contribution in [2.45, 2.75) is 26.7 Å². The smallest absolute Gasteiger partial charge is 0.167 e. The van der Waals surface area contributed by atoms with Crippen LogP contribution in [0, 0.1) is 11.2 Å². The number of nitrogens with one attached hydrogen (secondary N) is 2. The van der Waals surface area contributed by atoms with Crippen molar-refractivity contribution in [2.75, 3.05) is 5.32 Å². The molecule has 0 bridgehead atoms. The van der Waals surface area contributed by atoms with Crippen molar-refractivity contribution >= 4 is 17.2 Å². The van der Waals surface area contributed by atoms with Gasteiger partial charge in [0.05, 0.1) is 23.1 Å². The van der Waals surface area contributed by atoms with Gasteiger partial charge in [-0.1, -0.05) is 32.0 Å². The van der Waals surface area contributed by atoms with Crippen LogP contribution in [-0.2, 0) is 6.42 Å². The standard InChI is InChI=1S/C21H20FN3O/c1-21(2)10-16-18(17(26)11-21)20(24-13-6-4-3-5-7-13)19(25-16)14-8-9-23-12-15(14)22/h3-9,12,24-25H,10-11H2,1-2H3. The van der Waals surface area contributed by atoms with Crippen LogP contribution >= 0.6 is 0 Å². The molecule has 0 unspecified atom stereocenters.